The fraction of sp³-hybridized carbons (Fsp3) is 0.667. The lowest BCUT2D eigenvalue weighted by Gasteiger charge is -2.20. The number of nitrogens with zero attached hydrogens (tertiary/aromatic N) is 1. The van der Waals surface area contributed by atoms with Gasteiger partial charge in [0.05, 0.1) is 6.04 Å². The Balaban J connectivity index is 2.57. The summed E-state index contributed by atoms with van der Waals surface area (Å²) < 4.78 is 0. The lowest BCUT2D eigenvalue weighted by molar-refractivity contribution is -0.143. The number of hydrogen-bond donors (Lipinski definition) is 1. The number of carbonyl (C=O) groups excluding carboxylic acids is 1. The Hall–Kier alpha value is -1.10. The van der Waals surface area contributed by atoms with Crippen LogP contribution in [-0.4, -0.2) is 42.5 Å². The Kier molecular flexibility index (Phi) is 4.51. The molecule has 1 unspecified atom stereocenters. The average molecular weight is 255 g/mol. The van der Waals surface area contributed by atoms with Gasteiger partial charge < -0.3 is 10.0 Å². The second kappa shape index (κ2) is 5.49. The highest BCUT2D eigenvalue weighted by Gasteiger charge is 2.30. The predicted octanol–water partition coefficient (Wildman–Crippen LogP) is 1.96. The second-order valence-corrected chi connectivity index (χ2v) is 11.2. The quantitative estimate of drug-likeness (QED) is 0.603. The summed E-state index contributed by atoms with van der Waals surface area (Å²) in [7, 11) is -1.11. The summed E-state index contributed by atoms with van der Waals surface area (Å²) in [6.07, 6.45) is 5.33. The van der Waals surface area contributed by atoms with E-state index in [1.165, 1.54) is 4.90 Å². The molecule has 0 radical (unpaired) electrons. The van der Waals surface area contributed by atoms with Crippen molar-refractivity contribution in [3.63, 3.8) is 0 Å². The van der Waals surface area contributed by atoms with Crippen LogP contribution in [0.3, 0.4) is 0 Å². The molecule has 0 bridgehead atoms. The number of aliphatic carboxylic acids is 1. The van der Waals surface area contributed by atoms with Crippen LogP contribution >= 0.6 is 0 Å². The summed E-state index contributed by atoms with van der Waals surface area (Å²) in [5.41, 5.74) is 0. The summed E-state index contributed by atoms with van der Waals surface area (Å²) in [5.74, 6) is -0.987. The molecule has 1 aliphatic heterocycles. The number of carboxylic acid groups (broad SMARTS) is 1. The number of carboxylic acids is 1. The van der Waals surface area contributed by atoms with E-state index in [9.17, 15) is 9.59 Å². The molecule has 1 rings (SSSR count). The van der Waals surface area contributed by atoms with Gasteiger partial charge in [0.15, 0.2) is 0 Å². The van der Waals surface area contributed by atoms with E-state index in [0.717, 1.165) is 12.5 Å². The van der Waals surface area contributed by atoms with Crippen molar-refractivity contribution in [1.29, 1.82) is 0 Å². The number of carbonyl (C=O) groups is 2. The van der Waals surface area contributed by atoms with Gasteiger partial charge >= 0.3 is 5.97 Å². The van der Waals surface area contributed by atoms with Gasteiger partial charge in [-0.1, -0.05) is 31.8 Å². The molecule has 1 heterocycles. The molecular formula is C12H21NO3Si. The van der Waals surface area contributed by atoms with E-state index in [1.807, 2.05) is 6.08 Å². The maximum Gasteiger partial charge on any atom is 0.323 e. The fourth-order valence-electron chi connectivity index (χ4n) is 1.89. The first-order chi connectivity index (χ1) is 7.79. The van der Waals surface area contributed by atoms with Gasteiger partial charge in [-0.25, -0.2) is 0 Å². The van der Waals surface area contributed by atoms with Crippen molar-refractivity contribution in [2.75, 3.05) is 6.54 Å². The van der Waals surface area contributed by atoms with Crippen molar-refractivity contribution in [2.45, 2.75) is 44.6 Å². The minimum atomic E-state index is -1.11. The molecule has 0 aromatic heterocycles. The molecule has 1 fully saturated rings. The zero-order valence-electron chi connectivity index (χ0n) is 10.8. The van der Waals surface area contributed by atoms with Crippen molar-refractivity contribution in [2.24, 2.45) is 0 Å². The number of rotatable bonds is 5. The van der Waals surface area contributed by atoms with Gasteiger partial charge in [0.2, 0.25) is 5.91 Å². The van der Waals surface area contributed by atoms with Crippen LogP contribution in [0.15, 0.2) is 12.2 Å². The smallest absolute Gasteiger partial charge is 0.323 e. The molecule has 17 heavy (non-hydrogen) atoms. The Morgan fingerprint density at radius 1 is 1.53 bits per heavy atom. The Labute approximate surface area is 103 Å². The molecule has 1 atom stereocenters. The van der Waals surface area contributed by atoms with Crippen LogP contribution in [0.5, 0.6) is 0 Å². The van der Waals surface area contributed by atoms with Gasteiger partial charge in [-0.15, -0.1) is 0 Å². The van der Waals surface area contributed by atoms with Gasteiger partial charge in [0.1, 0.15) is 6.54 Å². The molecular weight excluding hydrogens is 234 g/mol. The van der Waals surface area contributed by atoms with E-state index in [1.54, 1.807) is 0 Å². The minimum absolute atomic E-state index is 0.0186. The molecule has 0 aliphatic carbocycles. The van der Waals surface area contributed by atoms with Crippen LogP contribution in [-0.2, 0) is 9.59 Å². The molecule has 4 nitrogen and oxygen atoms in total. The van der Waals surface area contributed by atoms with Gasteiger partial charge in [0.25, 0.3) is 0 Å². The molecule has 1 saturated heterocycles. The third-order valence-corrected chi connectivity index (χ3v) is 4.23. The monoisotopic (exact) mass is 255 g/mol. The van der Waals surface area contributed by atoms with E-state index in [2.05, 4.69) is 25.7 Å². The molecule has 1 amide bonds. The summed E-state index contributed by atoms with van der Waals surface area (Å²) in [4.78, 5) is 23.6. The van der Waals surface area contributed by atoms with Crippen molar-refractivity contribution in [1.82, 2.24) is 4.90 Å². The van der Waals surface area contributed by atoms with E-state index >= 15 is 0 Å². The molecule has 1 N–H and O–H groups in total. The molecule has 0 aromatic rings. The zero-order chi connectivity index (χ0) is 13.1. The molecule has 1 aliphatic rings. The number of allylic oxidation sites excluding steroid dienone is 1. The molecule has 96 valence electrons. The normalized spacial score (nSPS) is 21.5. The fourth-order valence-corrected chi connectivity index (χ4v) is 2.73. The van der Waals surface area contributed by atoms with Crippen LogP contribution in [0.1, 0.15) is 12.8 Å². The van der Waals surface area contributed by atoms with E-state index in [4.69, 9.17) is 5.11 Å². The summed E-state index contributed by atoms with van der Waals surface area (Å²) in [6, 6.07) is 1.05. The van der Waals surface area contributed by atoms with E-state index < -0.39 is 14.0 Å². The SMILES string of the molecule is C[Si](C)(C)C/C=C\C1CCC(=O)N1CC(=O)O. The first kappa shape index (κ1) is 14.0. The van der Waals surface area contributed by atoms with Crippen LogP contribution in [0.25, 0.3) is 0 Å². The Morgan fingerprint density at radius 3 is 2.71 bits per heavy atom. The third kappa shape index (κ3) is 4.73. The summed E-state index contributed by atoms with van der Waals surface area (Å²) in [6.45, 7) is 6.67. The van der Waals surface area contributed by atoms with Crippen molar-refractivity contribution in [3.05, 3.63) is 12.2 Å². The highest BCUT2D eigenvalue weighted by molar-refractivity contribution is 6.76. The van der Waals surface area contributed by atoms with Gasteiger partial charge in [0, 0.05) is 14.5 Å². The van der Waals surface area contributed by atoms with Gasteiger partial charge in [-0.3, -0.25) is 9.59 Å². The average Bonchev–Trinajstić information content (AvgIpc) is 2.47. The molecule has 0 saturated carbocycles. The van der Waals surface area contributed by atoms with Crippen molar-refractivity contribution >= 4 is 20.0 Å². The predicted molar refractivity (Wildman–Crippen MR) is 69.7 cm³/mol. The van der Waals surface area contributed by atoms with Gasteiger partial charge in [-0.2, -0.15) is 0 Å². The first-order valence-electron chi connectivity index (χ1n) is 5.97. The Morgan fingerprint density at radius 2 is 2.18 bits per heavy atom. The summed E-state index contributed by atoms with van der Waals surface area (Å²) in [5, 5.41) is 8.75. The highest BCUT2D eigenvalue weighted by Crippen LogP contribution is 2.20. The largest absolute Gasteiger partial charge is 0.480 e. The van der Waals surface area contributed by atoms with Crippen LogP contribution < -0.4 is 0 Å². The van der Waals surface area contributed by atoms with Crippen molar-refractivity contribution < 1.29 is 14.7 Å². The topological polar surface area (TPSA) is 57.6 Å². The Bertz CT molecular complexity index is 333. The van der Waals surface area contributed by atoms with Crippen LogP contribution in [0.4, 0.5) is 0 Å². The maximum atomic E-state index is 11.5. The van der Waals surface area contributed by atoms with Crippen LogP contribution in [0, 0.1) is 0 Å². The number of hydrogen-bond acceptors (Lipinski definition) is 2. The first-order valence-corrected chi connectivity index (χ1v) is 9.68. The standard InChI is InChI=1S/C12H21NO3Si/c1-17(2,3)8-4-5-10-6-7-11(14)13(10)9-12(15)16/h4-5,10H,6-9H2,1-3H3,(H,15,16)/b5-4-. The molecule has 0 spiro atoms. The van der Waals surface area contributed by atoms with Crippen molar-refractivity contribution in [3.8, 4) is 0 Å². The van der Waals surface area contributed by atoms with Gasteiger partial charge in [-0.05, 0) is 12.5 Å². The lowest BCUT2D eigenvalue weighted by atomic mass is 10.2. The molecule has 5 heteroatoms. The van der Waals surface area contributed by atoms with E-state index in [0.29, 0.717) is 6.42 Å². The zero-order valence-corrected chi connectivity index (χ0v) is 11.8. The maximum absolute atomic E-state index is 11.5. The number of amides is 1. The summed E-state index contributed by atoms with van der Waals surface area (Å²) >= 11 is 0. The second-order valence-electron chi connectivity index (χ2n) is 5.71. The number of likely N-dealkylation sites (tertiary alicyclic amines) is 1. The third-order valence-electron chi connectivity index (χ3n) is 2.77. The lowest BCUT2D eigenvalue weighted by Crippen LogP contribution is -2.36. The highest BCUT2D eigenvalue weighted by atomic mass is 28.3. The van der Waals surface area contributed by atoms with Crippen LogP contribution in [0.2, 0.25) is 25.7 Å². The molecule has 0 aromatic carbocycles. The minimum Gasteiger partial charge on any atom is -0.480 e. The van der Waals surface area contributed by atoms with E-state index in [-0.39, 0.29) is 18.5 Å².